The minimum absolute atomic E-state index is 0.102. The third-order valence-corrected chi connectivity index (χ3v) is 3.78. The van der Waals surface area contributed by atoms with Crippen molar-refractivity contribution in [1.29, 1.82) is 0 Å². The van der Waals surface area contributed by atoms with Crippen LogP contribution in [-0.2, 0) is 10.2 Å². The highest BCUT2D eigenvalue weighted by Gasteiger charge is 2.21. The molecule has 1 rings (SSSR count). The molecular weight excluding hydrogens is 288 g/mol. The van der Waals surface area contributed by atoms with Crippen molar-refractivity contribution in [3.8, 4) is 5.75 Å². The molecule has 0 fully saturated rings. The Labute approximate surface area is 141 Å². The van der Waals surface area contributed by atoms with Crippen LogP contribution in [0, 0.1) is 5.92 Å². The van der Waals surface area contributed by atoms with E-state index in [4.69, 9.17) is 4.74 Å². The molecular formula is C19H32N2O2. The smallest absolute Gasteiger partial charge is 0.220 e. The van der Waals surface area contributed by atoms with Crippen LogP contribution in [0.2, 0.25) is 0 Å². The van der Waals surface area contributed by atoms with Gasteiger partial charge in [-0.25, -0.2) is 0 Å². The predicted molar refractivity (Wildman–Crippen MR) is 96.0 cm³/mol. The molecule has 0 saturated heterocycles. The second-order valence-corrected chi connectivity index (χ2v) is 7.10. The van der Waals surface area contributed by atoms with E-state index in [0.717, 1.165) is 25.3 Å². The molecule has 0 aromatic heterocycles. The van der Waals surface area contributed by atoms with Gasteiger partial charge in [0.2, 0.25) is 5.91 Å². The SMILES string of the molecule is CNCCCC(=O)NCC(C)(C)c1ccc(OCC(C)C)cc1. The van der Waals surface area contributed by atoms with E-state index in [0.29, 0.717) is 18.9 Å². The standard InChI is InChI=1S/C19H32N2O2/c1-15(2)13-23-17-10-8-16(9-11-17)19(3,4)14-21-18(22)7-6-12-20-5/h8-11,15,20H,6-7,12-14H2,1-5H3,(H,21,22). The summed E-state index contributed by atoms with van der Waals surface area (Å²) in [6.45, 7) is 10.8. The average molecular weight is 320 g/mol. The number of benzene rings is 1. The van der Waals surface area contributed by atoms with Crippen LogP contribution in [0.25, 0.3) is 0 Å². The lowest BCUT2D eigenvalue weighted by Crippen LogP contribution is -2.36. The minimum atomic E-state index is -0.102. The molecule has 0 unspecified atom stereocenters. The van der Waals surface area contributed by atoms with Gasteiger partial charge in [0, 0.05) is 18.4 Å². The molecule has 2 N–H and O–H groups in total. The van der Waals surface area contributed by atoms with Crippen molar-refractivity contribution in [3.05, 3.63) is 29.8 Å². The average Bonchev–Trinajstić information content (AvgIpc) is 2.52. The van der Waals surface area contributed by atoms with Crippen LogP contribution in [0.4, 0.5) is 0 Å². The van der Waals surface area contributed by atoms with E-state index in [1.54, 1.807) is 0 Å². The molecule has 4 heteroatoms. The van der Waals surface area contributed by atoms with Crippen LogP contribution in [0.15, 0.2) is 24.3 Å². The number of carbonyl (C=O) groups excluding carboxylic acids is 1. The summed E-state index contributed by atoms with van der Waals surface area (Å²) in [6, 6.07) is 8.19. The van der Waals surface area contributed by atoms with Gasteiger partial charge in [-0.2, -0.15) is 0 Å². The summed E-state index contributed by atoms with van der Waals surface area (Å²) in [5.74, 6) is 1.53. The molecule has 0 aliphatic heterocycles. The Balaban J connectivity index is 2.50. The topological polar surface area (TPSA) is 50.4 Å². The van der Waals surface area contributed by atoms with Crippen molar-refractivity contribution in [2.45, 2.75) is 46.0 Å². The summed E-state index contributed by atoms with van der Waals surface area (Å²) < 4.78 is 5.71. The van der Waals surface area contributed by atoms with Gasteiger partial charge in [0.05, 0.1) is 6.61 Å². The Bertz CT molecular complexity index is 467. The zero-order valence-electron chi connectivity index (χ0n) is 15.2. The minimum Gasteiger partial charge on any atom is -0.493 e. The Kier molecular flexibility index (Phi) is 8.10. The van der Waals surface area contributed by atoms with E-state index in [1.807, 2.05) is 19.2 Å². The number of rotatable bonds is 10. The molecule has 0 spiro atoms. The quantitative estimate of drug-likeness (QED) is 0.651. The maximum absolute atomic E-state index is 11.8. The van der Waals surface area contributed by atoms with Crippen molar-refractivity contribution >= 4 is 5.91 Å². The van der Waals surface area contributed by atoms with Gasteiger partial charge in [0.1, 0.15) is 5.75 Å². The Morgan fingerprint density at radius 2 is 1.87 bits per heavy atom. The molecule has 0 atom stereocenters. The van der Waals surface area contributed by atoms with Gasteiger partial charge in [-0.15, -0.1) is 0 Å². The van der Waals surface area contributed by atoms with E-state index in [2.05, 4.69) is 50.5 Å². The number of hydrogen-bond acceptors (Lipinski definition) is 3. The Hall–Kier alpha value is -1.55. The second-order valence-electron chi connectivity index (χ2n) is 7.10. The normalized spacial score (nSPS) is 11.6. The third kappa shape index (κ3) is 7.51. The molecule has 1 aromatic carbocycles. The summed E-state index contributed by atoms with van der Waals surface area (Å²) in [4.78, 5) is 11.8. The van der Waals surface area contributed by atoms with Crippen LogP contribution in [0.1, 0.15) is 46.1 Å². The van der Waals surface area contributed by atoms with Crippen LogP contribution < -0.4 is 15.4 Å². The maximum Gasteiger partial charge on any atom is 0.220 e. The summed E-state index contributed by atoms with van der Waals surface area (Å²) in [6.07, 6.45) is 1.43. The van der Waals surface area contributed by atoms with Crippen molar-refractivity contribution in [3.63, 3.8) is 0 Å². The number of hydrogen-bond donors (Lipinski definition) is 2. The summed E-state index contributed by atoms with van der Waals surface area (Å²) in [7, 11) is 1.90. The second kappa shape index (κ2) is 9.56. The molecule has 1 amide bonds. The predicted octanol–water partition coefficient (Wildman–Crippen LogP) is 3.11. The first-order valence-electron chi connectivity index (χ1n) is 8.50. The Morgan fingerprint density at radius 1 is 1.22 bits per heavy atom. The zero-order chi connectivity index (χ0) is 17.3. The van der Waals surface area contributed by atoms with Gasteiger partial charge in [-0.1, -0.05) is 39.8 Å². The lowest BCUT2D eigenvalue weighted by molar-refractivity contribution is -0.121. The summed E-state index contributed by atoms with van der Waals surface area (Å²) in [5, 5.41) is 6.09. The molecule has 0 bridgehead atoms. The monoisotopic (exact) mass is 320 g/mol. The first-order valence-corrected chi connectivity index (χ1v) is 8.50. The van der Waals surface area contributed by atoms with Gasteiger partial charge in [-0.3, -0.25) is 4.79 Å². The highest BCUT2D eigenvalue weighted by molar-refractivity contribution is 5.76. The molecule has 23 heavy (non-hydrogen) atoms. The highest BCUT2D eigenvalue weighted by atomic mass is 16.5. The summed E-state index contributed by atoms with van der Waals surface area (Å²) >= 11 is 0. The lowest BCUT2D eigenvalue weighted by Gasteiger charge is -2.26. The van der Waals surface area contributed by atoms with Crippen LogP contribution in [0.3, 0.4) is 0 Å². The van der Waals surface area contributed by atoms with E-state index in [9.17, 15) is 4.79 Å². The van der Waals surface area contributed by atoms with Crippen LogP contribution >= 0.6 is 0 Å². The highest BCUT2D eigenvalue weighted by Crippen LogP contribution is 2.24. The van der Waals surface area contributed by atoms with Crippen molar-refractivity contribution in [2.75, 3.05) is 26.7 Å². The van der Waals surface area contributed by atoms with Crippen molar-refractivity contribution in [1.82, 2.24) is 10.6 Å². The first kappa shape index (κ1) is 19.5. The number of ether oxygens (including phenoxy) is 1. The molecule has 0 aliphatic carbocycles. The van der Waals surface area contributed by atoms with Crippen LogP contribution in [0.5, 0.6) is 5.75 Å². The number of carbonyl (C=O) groups is 1. The fraction of sp³-hybridized carbons (Fsp3) is 0.632. The van der Waals surface area contributed by atoms with Gasteiger partial charge < -0.3 is 15.4 Å². The molecule has 1 aromatic rings. The molecule has 0 heterocycles. The number of amides is 1. The van der Waals surface area contributed by atoms with Gasteiger partial charge in [0.25, 0.3) is 0 Å². The van der Waals surface area contributed by atoms with Gasteiger partial charge in [0.15, 0.2) is 0 Å². The molecule has 4 nitrogen and oxygen atoms in total. The van der Waals surface area contributed by atoms with Crippen molar-refractivity contribution < 1.29 is 9.53 Å². The molecule has 0 aliphatic rings. The fourth-order valence-corrected chi connectivity index (χ4v) is 2.20. The van der Waals surface area contributed by atoms with E-state index >= 15 is 0 Å². The maximum atomic E-state index is 11.8. The molecule has 0 radical (unpaired) electrons. The molecule has 130 valence electrons. The Morgan fingerprint density at radius 3 is 2.43 bits per heavy atom. The van der Waals surface area contributed by atoms with Crippen molar-refractivity contribution in [2.24, 2.45) is 5.92 Å². The first-order chi connectivity index (χ1) is 10.8. The number of nitrogens with one attached hydrogen (secondary N) is 2. The lowest BCUT2D eigenvalue weighted by atomic mass is 9.84. The van der Waals surface area contributed by atoms with E-state index < -0.39 is 0 Å². The van der Waals surface area contributed by atoms with E-state index in [-0.39, 0.29) is 11.3 Å². The van der Waals surface area contributed by atoms with E-state index in [1.165, 1.54) is 5.56 Å². The van der Waals surface area contributed by atoms with Crippen LogP contribution in [-0.4, -0.2) is 32.7 Å². The van der Waals surface area contributed by atoms with Gasteiger partial charge in [-0.05, 0) is 43.6 Å². The fourth-order valence-electron chi connectivity index (χ4n) is 2.20. The third-order valence-electron chi connectivity index (χ3n) is 3.78. The largest absolute Gasteiger partial charge is 0.493 e. The van der Waals surface area contributed by atoms with Gasteiger partial charge >= 0.3 is 0 Å². The summed E-state index contributed by atoms with van der Waals surface area (Å²) in [5.41, 5.74) is 1.10. The molecule has 0 saturated carbocycles. The zero-order valence-corrected chi connectivity index (χ0v) is 15.2.